The normalized spacial score (nSPS) is 15.2. The number of imide groups is 1. The second-order valence-corrected chi connectivity index (χ2v) is 5.31. The molecule has 0 unspecified atom stereocenters. The van der Waals surface area contributed by atoms with Gasteiger partial charge in [-0.2, -0.15) is 0 Å². The van der Waals surface area contributed by atoms with E-state index >= 15 is 0 Å². The smallest absolute Gasteiger partial charge is 0.308 e. The molecule has 106 valence electrons. The van der Waals surface area contributed by atoms with E-state index in [1.165, 1.54) is 11.8 Å². The predicted octanol–water partition coefficient (Wildman–Crippen LogP) is 1.92. The van der Waals surface area contributed by atoms with E-state index < -0.39 is 12.0 Å². The van der Waals surface area contributed by atoms with Crippen molar-refractivity contribution in [2.75, 3.05) is 12.2 Å². The van der Waals surface area contributed by atoms with E-state index in [1.54, 1.807) is 31.2 Å². The van der Waals surface area contributed by atoms with Crippen molar-refractivity contribution in [2.24, 2.45) is 0 Å². The van der Waals surface area contributed by atoms with Crippen LogP contribution in [0.4, 0.5) is 0 Å². The molecule has 0 radical (unpaired) electrons. The summed E-state index contributed by atoms with van der Waals surface area (Å²) < 4.78 is 4.94. The molecule has 0 aromatic heterocycles. The third-order valence-electron chi connectivity index (χ3n) is 3.07. The molecule has 0 saturated heterocycles. The molecule has 0 spiro atoms. The molecule has 2 amide bonds. The van der Waals surface area contributed by atoms with Gasteiger partial charge in [0.25, 0.3) is 11.8 Å². The highest BCUT2D eigenvalue weighted by Crippen LogP contribution is 2.25. The minimum atomic E-state index is -0.517. The van der Waals surface area contributed by atoms with Crippen molar-refractivity contribution in [2.45, 2.75) is 19.4 Å². The summed E-state index contributed by atoms with van der Waals surface area (Å²) in [6.45, 7) is 1.67. The summed E-state index contributed by atoms with van der Waals surface area (Å²) in [6, 6.07) is 6.15. The molecule has 6 heteroatoms. The highest BCUT2D eigenvalue weighted by atomic mass is 32.2. The van der Waals surface area contributed by atoms with Crippen LogP contribution in [0.5, 0.6) is 0 Å². The van der Waals surface area contributed by atoms with Gasteiger partial charge in [0.05, 0.1) is 17.5 Å². The Kier molecular flexibility index (Phi) is 4.44. The first-order chi connectivity index (χ1) is 9.56. The number of rotatable bonds is 5. The van der Waals surface area contributed by atoms with Gasteiger partial charge >= 0.3 is 5.97 Å². The number of carbonyl (C=O) groups excluding carboxylic acids is 3. The monoisotopic (exact) mass is 293 g/mol. The highest BCUT2D eigenvalue weighted by molar-refractivity contribution is 7.98. The first-order valence-electron chi connectivity index (χ1n) is 6.17. The van der Waals surface area contributed by atoms with Crippen LogP contribution in [0.15, 0.2) is 24.3 Å². The van der Waals surface area contributed by atoms with Gasteiger partial charge in [0.1, 0.15) is 5.94 Å². The summed E-state index contributed by atoms with van der Waals surface area (Å²) in [7, 11) is 0. The van der Waals surface area contributed by atoms with Gasteiger partial charge in [0.15, 0.2) is 0 Å². The van der Waals surface area contributed by atoms with Gasteiger partial charge in [0.2, 0.25) is 0 Å². The molecule has 1 heterocycles. The molecule has 1 aliphatic heterocycles. The topological polar surface area (TPSA) is 63.7 Å². The maximum Gasteiger partial charge on any atom is 0.308 e. The lowest BCUT2D eigenvalue weighted by Crippen LogP contribution is -2.39. The lowest BCUT2D eigenvalue weighted by Gasteiger charge is -2.21. The van der Waals surface area contributed by atoms with Gasteiger partial charge in [-0.1, -0.05) is 12.1 Å². The second kappa shape index (κ2) is 6.09. The number of benzene rings is 1. The van der Waals surface area contributed by atoms with Crippen LogP contribution in [0.25, 0.3) is 0 Å². The fraction of sp³-hybridized carbons (Fsp3) is 0.357. The summed E-state index contributed by atoms with van der Waals surface area (Å²) in [5.74, 6) is -0.844. The number of esters is 1. The van der Waals surface area contributed by atoms with Crippen molar-refractivity contribution in [1.82, 2.24) is 4.90 Å². The second-order valence-electron chi connectivity index (χ2n) is 4.50. The zero-order valence-electron chi connectivity index (χ0n) is 11.3. The minimum Gasteiger partial charge on any atom is -0.455 e. The molecular formula is C14H15NO4S. The van der Waals surface area contributed by atoms with E-state index in [0.717, 1.165) is 4.90 Å². The first-order valence-corrected chi connectivity index (χ1v) is 7.57. The van der Waals surface area contributed by atoms with Crippen molar-refractivity contribution in [3.05, 3.63) is 35.4 Å². The Morgan fingerprint density at radius 3 is 2.30 bits per heavy atom. The molecule has 1 aromatic carbocycles. The standard InChI is InChI=1S/C14H15NO4S/c1-9(7-12(16)19-8-20-2)15-13(17)10-5-3-4-6-11(10)14(15)18/h3-6,9H,7-8H2,1-2H3/t9-/m0/s1. The van der Waals surface area contributed by atoms with Crippen molar-refractivity contribution >= 4 is 29.5 Å². The number of carbonyl (C=O) groups is 3. The van der Waals surface area contributed by atoms with E-state index in [-0.39, 0.29) is 24.2 Å². The summed E-state index contributed by atoms with van der Waals surface area (Å²) >= 11 is 1.39. The fourth-order valence-electron chi connectivity index (χ4n) is 2.12. The summed E-state index contributed by atoms with van der Waals surface area (Å²) in [4.78, 5) is 37.1. The Balaban J connectivity index is 2.09. The third kappa shape index (κ3) is 2.70. The number of hydrogen-bond acceptors (Lipinski definition) is 5. The predicted molar refractivity (Wildman–Crippen MR) is 75.5 cm³/mol. The summed E-state index contributed by atoms with van der Waals surface area (Å²) in [5, 5.41) is 0. The fourth-order valence-corrected chi connectivity index (χ4v) is 2.37. The number of thioether (sulfide) groups is 1. The van der Waals surface area contributed by atoms with Crippen molar-refractivity contribution in [3.63, 3.8) is 0 Å². The Hall–Kier alpha value is -1.82. The van der Waals surface area contributed by atoms with Crippen LogP contribution >= 0.6 is 11.8 Å². The number of fused-ring (bicyclic) bond motifs is 1. The number of hydrogen-bond donors (Lipinski definition) is 0. The largest absolute Gasteiger partial charge is 0.455 e. The maximum atomic E-state index is 12.2. The average molecular weight is 293 g/mol. The highest BCUT2D eigenvalue weighted by Gasteiger charge is 2.38. The van der Waals surface area contributed by atoms with Gasteiger partial charge in [-0.3, -0.25) is 19.3 Å². The quantitative estimate of drug-likeness (QED) is 0.471. The maximum absolute atomic E-state index is 12.2. The summed E-state index contributed by atoms with van der Waals surface area (Å²) in [6.07, 6.45) is 1.83. The number of amides is 2. The molecule has 5 nitrogen and oxygen atoms in total. The molecule has 0 bridgehead atoms. The van der Waals surface area contributed by atoms with Crippen LogP contribution in [0.3, 0.4) is 0 Å². The Morgan fingerprint density at radius 2 is 1.80 bits per heavy atom. The van der Waals surface area contributed by atoms with Crippen LogP contribution in [-0.4, -0.2) is 40.9 Å². The lowest BCUT2D eigenvalue weighted by atomic mass is 10.1. The van der Waals surface area contributed by atoms with Gasteiger partial charge in [-0.25, -0.2) is 0 Å². The molecule has 0 aliphatic carbocycles. The van der Waals surface area contributed by atoms with E-state index in [9.17, 15) is 14.4 Å². The van der Waals surface area contributed by atoms with E-state index in [1.807, 2.05) is 6.26 Å². The Bertz CT molecular complexity index is 523. The van der Waals surface area contributed by atoms with E-state index in [4.69, 9.17) is 4.74 Å². The number of nitrogens with zero attached hydrogens (tertiary/aromatic N) is 1. The molecular weight excluding hydrogens is 278 g/mol. The molecule has 1 aliphatic rings. The minimum absolute atomic E-state index is 0.00598. The van der Waals surface area contributed by atoms with Gasteiger partial charge in [0, 0.05) is 6.04 Å². The molecule has 0 saturated carbocycles. The zero-order valence-corrected chi connectivity index (χ0v) is 12.1. The van der Waals surface area contributed by atoms with E-state index in [2.05, 4.69) is 0 Å². The zero-order chi connectivity index (χ0) is 14.7. The molecule has 1 atom stereocenters. The van der Waals surface area contributed by atoms with Gasteiger partial charge in [-0.05, 0) is 25.3 Å². The Morgan fingerprint density at radius 1 is 1.25 bits per heavy atom. The van der Waals surface area contributed by atoms with Crippen LogP contribution < -0.4 is 0 Å². The number of ether oxygens (including phenoxy) is 1. The van der Waals surface area contributed by atoms with Crippen LogP contribution in [-0.2, 0) is 9.53 Å². The summed E-state index contributed by atoms with van der Waals surface area (Å²) in [5.41, 5.74) is 0.781. The molecule has 2 rings (SSSR count). The molecule has 0 N–H and O–H groups in total. The van der Waals surface area contributed by atoms with Crippen LogP contribution in [0, 0.1) is 0 Å². The molecule has 0 fully saturated rings. The van der Waals surface area contributed by atoms with Gasteiger partial charge < -0.3 is 4.74 Å². The van der Waals surface area contributed by atoms with E-state index in [0.29, 0.717) is 11.1 Å². The van der Waals surface area contributed by atoms with Gasteiger partial charge in [-0.15, -0.1) is 11.8 Å². The molecule has 20 heavy (non-hydrogen) atoms. The third-order valence-corrected chi connectivity index (χ3v) is 3.42. The van der Waals surface area contributed by atoms with Crippen LogP contribution in [0.2, 0.25) is 0 Å². The average Bonchev–Trinajstić information content (AvgIpc) is 2.69. The first kappa shape index (κ1) is 14.6. The SMILES string of the molecule is CSCOC(=O)C[C@H](C)N1C(=O)c2ccccc2C1=O. The van der Waals surface area contributed by atoms with Crippen molar-refractivity contribution in [3.8, 4) is 0 Å². The Labute approximate surface area is 121 Å². The lowest BCUT2D eigenvalue weighted by molar-refractivity contribution is -0.142. The van der Waals surface area contributed by atoms with Crippen LogP contribution in [0.1, 0.15) is 34.1 Å². The van der Waals surface area contributed by atoms with Crippen molar-refractivity contribution < 1.29 is 19.1 Å². The molecule has 1 aromatic rings. The van der Waals surface area contributed by atoms with Crippen molar-refractivity contribution in [1.29, 1.82) is 0 Å².